The van der Waals surface area contributed by atoms with Crippen LogP contribution in [-0.2, 0) is 0 Å². The zero-order valence-electron chi connectivity index (χ0n) is 11.8. The van der Waals surface area contributed by atoms with Crippen molar-refractivity contribution in [3.8, 4) is 5.75 Å². The summed E-state index contributed by atoms with van der Waals surface area (Å²) in [5.74, 6) is -0.429. The number of halogens is 2. The summed E-state index contributed by atoms with van der Waals surface area (Å²) in [6, 6.07) is 7.75. The first kappa shape index (κ1) is 16.7. The third kappa shape index (κ3) is 4.16. The van der Waals surface area contributed by atoms with Crippen LogP contribution in [0.4, 0.5) is 26.2 Å². The van der Waals surface area contributed by atoms with Gasteiger partial charge in [-0.25, -0.2) is 9.18 Å². The molecule has 0 atom stereocenters. The number of carbonyl (C=O) groups excluding carboxylic acids is 1. The number of benzene rings is 2. The van der Waals surface area contributed by atoms with Crippen LogP contribution in [0.15, 0.2) is 40.9 Å². The van der Waals surface area contributed by atoms with Gasteiger partial charge in [0.2, 0.25) is 0 Å². The van der Waals surface area contributed by atoms with E-state index in [-0.39, 0.29) is 22.8 Å². The van der Waals surface area contributed by atoms with Crippen LogP contribution in [0.25, 0.3) is 0 Å². The molecule has 2 aromatic rings. The van der Waals surface area contributed by atoms with Gasteiger partial charge in [0.1, 0.15) is 11.6 Å². The summed E-state index contributed by atoms with van der Waals surface area (Å²) >= 11 is 3.13. The van der Waals surface area contributed by atoms with Crippen molar-refractivity contribution in [2.75, 3.05) is 17.7 Å². The average molecular weight is 384 g/mol. The summed E-state index contributed by atoms with van der Waals surface area (Å²) in [4.78, 5) is 21.8. The van der Waals surface area contributed by atoms with Crippen LogP contribution in [0.1, 0.15) is 0 Å². The van der Waals surface area contributed by atoms with Gasteiger partial charge in [-0.15, -0.1) is 0 Å². The monoisotopic (exact) mass is 383 g/mol. The van der Waals surface area contributed by atoms with Crippen LogP contribution < -0.4 is 15.4 Å². The molecule has 0 aliphatic rings. The van der Waals surface area contributed by atoms with Crippen molar-refractivity contribution >= 4 is 39.1 Å². The Labute approximate surface area is 138 Å². The normalized spacial score (nSPS) is 10.0. The molecule has 0 saturated carbocycles. The third-order valence-corrected chi connectivity index (χ3v) is 3.26. The number of ether oxygens (including phenoxy) is 1. The molecule has 2 N–H and O–H groups in total. The van der Waals surface area contributed by atoms with E-state index in [4.69, 9.17) is 4.74 Å². The lowest BCUT2D eigenvalue weighted by atomic mass is 10.2. The van der Waals surface area contributed by atoms with Crippen molar-refractivity contribution in [3.63, 3.8) is 0 Å². The topological polar surface area (TPSA) is 93.5 Å². The summed E-state index contributed by atoms with van der Waals surface area (Å²) < 4.78 is 19.2. The van der Waals surface area contributed by atoms with Crippen molar-refractivity contribution < 1.29 is 18.8 Å². The highest BCUT2D eigenvalue weighted by molar-refractivity contribution is 9.10. The molecule has 0 saturated heterocycles. The molecular formula is C14H11BrFN3O4. The minimum absolute atomic E-state index is 0.105. The minimum Gasteiger partial charge on any atom is -0.410 e. The van der Waals surface area contributed by atoms with E-state index >= 15 is 0 Å². The lowest BCUT2D eigenvalue weighted by Gasteiger charge is -2.12. The molecule has 0 aromatic heterocycles. The molecule has 0 aliphatic heterocycles. The summed E-state index contributed by atoms with van der Waals surface area (Å²) in [5, 5.41) is 15.6. The summed E-state index contributed by atoms with van der Waals surface area (Å²) in [5.41, 5.74) is 0.171. The molecule has 2 aromatic carbocycles. The Morgan fingerprint density at radius 2 is 1.96 bits per heavy atom. The van der Waals surface area contributed by atoms with Gasteiger partial charge >= 0.3 is 6.09 Å². The predicted octanol–water partition coefficient (Wildman–Crippen LogP) is 4.15. The van der Waals surface area contributed by atoms with Gasteiger partial charge in [0.05, 0.1) is 16.3 Å². The maximum atomic E-state index is 13.8. The molecule has 0 radical (unpaired) electrons. The molecule has 0 bridgehead atoms. The standard InChI is InChI=1S/C14H11BrFN3O4/c1-17-13-11(16)6-8(15)7-12(13)18-14(20)23-10-4-2-9(3-5-10)19(21)22/h2-7,17H,1H3,(H,18,20). The number of nitro groups is 1. The number of nitrogens with zero attached hydrogens (tertiary/aromatic N) is 1. The minimum atomic E-state index is -0.854. The Morgan fingerprint density at radius 3 is 2.52 bits per heavy atom. The van der Waals surface area contributed by atoms with Crippen LogP contribution in [-0.4, -0.2) is 18.1 Å². The number of non-ortho nitro benzene ring substituents is 1. The molecule has 0 spiro atoms. The number of anilines is 2. The fourth-order valence-electron chi connectivity index (χ4n) is 1.80. The van der Waals surface area contributed by atoms with Gasteiger partial charge in [0, 0.05) is 23.7 Å². The summed E-state index contributed by atoms with van der Waals surface area (Å²) in [6.07, 6.45) is -0.854. The highest BCUT2D eigenvalue weighted by Crippen LogP contribution is 2.29. The van der Waals surface area contributed by atoms with Gasteiger partial charge in [-0.2, -0.15) is 0 Å². The van der Waals surface area contributed by atoms with Crippen LogP contribution in [0.3, 0.4) is 0 Å². The Morgan fingerprint density at radius 1 is 1.30 bits per heavy atom. The maximum absolute atomic E-state index is 13.8. The van der Waals surface area contributed by atoms with Crippen molar-refractivity contribution in [2.45, 2.75) is 0 Å². The van der Waals surface area contributed by atoms with Gasteiger partial charge in [-0.3, -0.25) is 15.4 Å². The molecular weight excluding hydrogens is 373 g/mol. The quantitative estimate of drug-likeness (QED) is 0.610. The molecule has 0 fully saturated rings. The Kier molecular flexibility index (Phi) is 5.12. The lowest BCUT2D eigenvalue weighted by molar-refractivity contribution is -0.384. The lowest BCUT2D eigenvalue weighted by Crippen LogP contribution is -2.18. The number of nitrogens with one attached hydrogen (secondary N) is 2. The molecule has 0 heterocycles. The van der Waals surface area contributed by atoms with Gasteiger partial charge in [-0.1, -0.05) is 15.9 Å². The average Bonchev–Trinajstić information content (AvgIpc) is 2.47. The predicted molar refractivity (Wildman–Crippen MR) is 86.4 cm³/mol. The third-order valence-electron chi connectivity index (χ3n) is 2.80. The number of rotatable bonds is 4. The number of hydrogen-bond donors (Lipinski definition) is 2. The Hall–Kier alpha value is -2.68. The Bertz CT molecular complexity index is 752. The van der Waals surface area contributed by atoms with E-state index in [0.29, 0.717) is 4.47 Å². The SMILES string of the molecule is CNc1c(F)cc(Br)cc1NC(=O)Oc1ccc([N+](=O)[O-])cc1. The summed E-state index contributed by atoms with van der Waals surface area (Å²) in [7, 11) is 1.51. The van der Waals surface area contributed by atoms with E-state index in [9.17, 15) is 19.3 Å². The van der Waals surface area contributed by atoms with E-state index in [1.54, 1.807) is 0 Å². The second-order valence-electron chi connectivity index (χ2n) is 4.33. The zero-order valence-corrected chi connectivity index (χ0v) is 13.4. The first-order chi connectivity index (χ1) is 10.9. The van der Waals surface area contributed by atoms with Gasteiger partial charge in [-0.05, 0) is 24.3 Å². The van der Waals surface area contributed by atoms with Gasteiger partial charge in [0.25, 0.3) is 5.69 Å². The van der Waals surface area contributed by atoms with Crippen molar-refractivity contribution in [3.05, 3.63) is 56.8 Å². The van der Waals surface area contributed by atoms with E-state index in [1.807, 2.05) is 0 Å². The first-order valence-electron chi connectivity index (χ1n) is 6.31. The van der Waals surface area contributed by atoms with Gasteiger partial charge < -0.3 is 10.1 Å². The highest BCUT2D eigenvalue weighted by Gasteiger charge is 2.14. The molecule has 7 nitrogen and oxygen atoms in total. The molecule has 23 heavy (non-hydrogen) atoms. The van der Waals surface area contributed by atoms with E-state index in [2.05, 4.69) is 26.6 Å². The molecule has 9 heteroatoms. The Balaban J connectivity index is 2.12. The fraction of sp³-hybridized carbons (Fsp3) is 0.0714. The van der Waals surface area contributed by atoms with Gasteiger partial charge in [0.15, 0.2) is 0 Å². The van der Waals surface area contributed by atoms with Crippen molar-refractivity contribution in [1.29, 1.82) is 0 Å². The molecule has 120 valence electrons. The van der Waals surface area contributed by atoms with Crippen molar-refractivity contribution in [1.82, 2.24) is 0 Å². The van der Waals surface area contributed by atoms with Crippen LogP contribution >= 0.6 is 15.9 Å². The number of hydrogen-bond acceptors (Lipinski definition) is 5. The van der Waals surface area contributed by atoms with Crippen LogP contribution in [0.2, 0.25) is 0 Å². The van der Waals surface area contributed by atoms with E-state index in [1.165, 1.54) is 43.4 Å². The molecule has 0 unspecified atom stereocenters. The number of nitro benzene ring substituents is 1. The second kappa shape index (κ2) is 7.05. The molecule has 2 rings (SSSR count). The van der Waals surface area contributed by atoms with Crippen LogP contribution in [0.5, 0.6) is 5.75 Å². The number of carbonyl (C=O) groups is 1. The summed E-state index contributed by atoms with van der Waals surface area (Å²) in [6.45, 7) is 0. The number of amides is 1. The van der Waals surface area contributed by atoms with Crippen molar-refractivity contribution in [2.24, 2.45) is 0 Å². The first-order valence-corrected chi connectivity index (χ1v) is 7.10. The highest BCUT2D eigenvalue weighted by atomic mass is 79.9. The van der Waals surface area contributed by atoms with E-state index in [0.717, 1.165) is 0 Å². The molecule has 1 amide bonds. The van der Waals surface area contributed by atoms with E-state index < -0.39 is 16.8 Å². The zero-order chi connectivity index (χ0) is 17.0. The second-order valence-corrected chi connectivity index (χ2v) is 5.24. The fourth-order valence-corrected chi connectivity index (χ4v) is 2.23. The maximum Gasteiger partial charge on any atom is 0.417 e. The smallest absolute Gasteiger partial charge is 0.410 e. The largest absolute Gasteiger partial charge is 0.417 e. The van der Waals surface area contributed by atoms with Crippen LogP contribution in [0, 0.1) is 15.9 Å². The molecule has 0 aliphatic carbocycles.